The number of carbonyl (C=O) groups is 1. The van der Waals surface area contributed by atoms with E-state index in [0.29, 0.717) is 6.04 Å². The minimum Gasteiger partial charge on any atom is -0.354 e. The van der Waals surface area contributed by atoms with Crippen molar-refractivity contribution in [2.75, 3.05) is 13.1 Å². The maximum absolute atomic E-state index is 11.2. The van der Waals surface area contributed by atoms with Crippen LogP contribution in [0.2, 0.25) is 0 Å². The molecule has 2 N–H and O–H groups in total. The average molecular weight is 170 g/mol. The zero-order valence-corrected chi connectivity index (χ0v) is 7.89. The molecular weight excluding hydrogens is 152 g/mol. The van der Waals surface area contributed by atoms with E-state index in [0.717, 1.165) is 13.1 Å². The fourth-order valence-electron chi connectivity index (χ4n) is 1.36. The van der Waals surface area contributed by atoms with Crippen molar-refractivity contribution in [1.29, 1.82) is 0 Å². The summed E-state index contributed by atoms with van der Waals surface area (Å²) in [6.07, 6.45) is 2.43. The molecule has 0 spiro atoms. The molecule has 1 atom stereocenters. The molecular formula is C9H18N2O. The summed E-state index contributed by atoms with van der Waals surface area (Å²) >= 11 is 0. The zero-order valence-electron chi connectivity index (χ0n) is 7.89. The summed E-state index contributed by atoms with van der Waals surface area (Å²) in [7, 11) is 0. The van der Waals surface area contributed by atoms with Crippen LogP contribution < -0.4 is 10.6 Å². The monoisotopic (exact) mass is 170 g/mol. The fraction of sp³-hybridized carbons (Fsp3) is 0.889. The number of rotatable bonds is 3. The van der Waals surface area contributed by atoms with E-state index >= 15 is 0 Å². The van der Waals surface area contributed by atoms with E-state index in [4.69, 9.17) is 0 Å². The minimum atomic E-state index is 0.103. The Kier molecular flexibility index (Phi) is 3.53. The first-order valence-corrected chi connectivity index (χ1v) is 4.71. The van der Waals surface area contributed by atoms with E-state index in [2.05, 4.69) is 10.6 Å². The number of nitrogens with one attached hydrogen (secondary N) is 2. The lowest BCUT2D eigenvalue weighted by Crippen LogP contribution is -2.38. The third-order valence-electron chi connectivity index (χ3n) is 2.21. The smallest absolute Gasteiger partial charge is 0.222 e. The highest BCUT2D eigenvalue weighted by Crippen LogP contribution is 2.03. The van der Waals surface area contributed by atoms with Crippen molar-refractivity contribution < 1.29 is 4.79 Å². The second-order valence-corrected chi connectivity index (χ2v) is 3.69. The van der Waals surface area contributed by atoms with Gasteiger partial charge >= 0.3 is 0 Å². The first kappa shape index (κ1) is 9.52. The standard InChI is InChI=1S/C9H18N2O/c1-7(2)9(12)11-6-8-4-3-5-10-8/h7-8,10H,3-6H2,1-2H3,(H,11,12). The Morgan fingerprint density at radius 1 is 1.67 bits per heavy atom. The summed E-state index contributed by atoms with van der Waals surface area (Å²) in [6, 6.07) is 0.507. The molecule has 0 aromatic carbocycles. The van der Waals surface area contributed by atoms with Crippen LogP contribution in [0.5, 0.6) is 0 Å². The maximum Gasteiger partial charge on any atom is 0.222 e. The molecule has 0 aromatic rings. The molecule has 1 amide bonds. The Labute approximate surface area is 73.9 Å². The van der Waals surface area contributed by atoms with Gasteiger partial charge in [0.2, 0.25) is 5.91 Å². The highest BCUT2D eigenvalue weighted by molar-refractivity contribution is 5.77. The van der Waals surface area contributed by atoms with Crippen molar-refractivity contribution in [2.24, 2.45) is 5.92 Å². The Morgan fingerprint density at radius 2 is 2.42 bits per heavy atom. The van der Waals surface area contributed by atoms with Crippen LogP contribution in [0.4, 0.5) is 0 Å². The normalized spacial score (nSPS) is 23.1. The first-order valence-electron chi connectivity index (χ1n) is 4.71. The Bertz CT molecular complexity index is 151. The van der Waals surface area contributed by atoms with E-state index < -0.39 is 0 Å². The van der Waals surface area contributed by atoms with Crippen LogP contribution in [0, 0.1) is 5.92 Å². The van der Waals surface area contributed by atoms with Crippen molar-refractivity contribution in [3.05, 3.63) is 0 Å². The topological polar surface area (TPSA) is 41.1 Å². The van der Waals surface area contributed by atoms with Crippen LogP contribution in [0.3, 0.4) is 0 Å². The van der Waals surface area contributed by atoms with Gasteiger partial charge in [0.05, 0.1) is 0 Å². The zero-order chi connectivity index (χ0) is 8.97. The number of hydrogen-bond acceptors (Lipinski definition) is 2. The third-order valence-corrected chi connectivity index (χ3v) is 2.21. The van der Waals surface area contributed by atoms with Crippen LogP contribution in [-0.4, -0.2) is 25.0 Å². The molecule has 12 heavy (non-hydrogen) atoms. The molecule has 0 saturated carbocycles. The lowest BCUT2D eigenvalue weighted by Gasteiger charge is -2.12. The summed E-state index contributed by atoms with van der Waals surface area (Å²) < 4.78 is 0. The highest BCUT2D eigenvalue weighted by atomic mass is 16.1. The highest BCUT2D eigenvalue weighted by Gasteiger charge is 2.15. The SMILES string of the molecule is CC(C)C(=O)NCC1CCCN1. The van der Waals surface area contributed by atoms with E-state index in [1.54, 1.807) is 0 Å². The summed E-state index contributed by atoms with van der Waals surface area (Å²) in [5.74, 6) is 0.259. The van der Waals surface area contributed by atoms with Gasteiger partial charge in [0.25, 0.3) is 0 Å². The molecule has 3 nitrogen and oxygen atoms in total. The van der Waals surface area contributed by atoms with Gasteiger partial charge in [0, 0.05) is 18.5 Å². The van der Waals surface area contributed by atoms with Crippen LogP contribution in [0.25, 0.3) is 0 Å². The van der Waals surface area contributed by atoms with E-state index in [-0.39, 0.29) is 11.8 Å². The van der Waals surface area contributed by atoms with E-state index in [1.165, 1.54) is 12.8 Å². The molecule has 70 valence electrons. The average Bonchev–Trinajstić information content (AvgIpc) is 2.51. The summed E-state index contributed by atoms with van der Waals surface area (Å²) in [5.41, 5.74) is 0. The number of hydrogen-bond donors (Lipinski definition) is 2. The van der Waals surface area contributed by atoms with Crippen molar-refractivity contribution in [2.45, 2.75) is 32.7 Å². The fourth-order valence-corrected chi connectivity index (χ4v) is 1.36. The Hall–Kier alpha value is -0.570. The van der Waals surface area contributed by atoms with Gasteiger partial charge in [-0.25, -0.2) is 0 Å². The lowest BCUT2D eigenvalue weighted by atomic mass is 10.2. The molecule has 0 aromatic heterocycles. The summed E-state index contributed by atoms with van der Waals surface area (Å²) in [5, 5.41) is 6.26. The molecule has 0 radical (unpaired) electrons. The molecule has 1 saturated heterocycles. The third kappa shape index (κ3) is 2.81. The van der Waals surface area contributed by atoms with Crippen molar-refractivity contribution in [1.82, 2.24) is 10.6 Å². The molecule has 1 aliphatic rings. The van der Waals surface area contributed by atoms with Gasteiger partial charge < -0.3 is 10.6 Å². The quantitative estimate of drug-likeness (QED) is 0.648. The Balaban J connectivity index is 2.12. The van der Waals surface area contributed by atoms with Crippen LogP contribution in [0.15, 0.2) is 0 Å². The number of amides is 1. The number of carbonyl (C=O) groups excluding carboxylic acids is 1. The molecule has 1 fully saturated rings. The van der Waals surface area contributed by atoms with E-state index in [9.17, 15) is 4.79 Å². The minimum absolute atomic E-state index is 0.103. The summed E-state index contributed by atoms with van der Waals surface area (Å²) in [4.78, 5) is 11.2. The molecule has 1 rings (SSSR count). The van der Waals surface area contributed by atoms with Gasteiger partial charge in [-0.3, -0.25) is 4.79 Å². The lowest BCUT2D eigenvalue weighted by molar-refractivity contribution is -0.124. The van der Waals surface area contributed by atoms with Gasteiger partial charge in [-0.2, -0.15) is 0 Å². The summed E-state index contributed by atoms with van der Waals surface area (Å²) in [6.45, 7) is 5.72. The predicted molar refractivity (Wildman–Crippen MR) is 48.9 cm³/mol. The van der Waals surface area contributed by atoms with Gasteiger partial charge in [-0.1, -0.05) is 13.8 Å². The Morgan fingerprint density at radius 3 is 2.92 bits per heavy atom. The van der Waals surface area contributed by atoms with Gasteiger partial charge in [0.1, 0.15) is 0 Å². The van der Waals surface area contributed by atoms with Crippen LogP contribution >= 0.6 is 0 Å². The van der Waals surface area contributed by atoms with Crippen LogP contribution in [0.1, 0.15) is 26.7 Å². The largest absolute Gasteiger partial charge is 0.354 e. The van der Waals surface area contributed by atoms with E-state index in [1.807, 2.05) is 13.8 Å². The van der Waals surface area contributed by atoms with Crippen LogP contribution in [-0.2, 0) is 4.79 Å². The first-order chi connectivity index (χ1) is 5.70. The molecule has 1 heterocycles. The van der Waals surface area contributed by atoms with Crippen molar-refractivity contribution in [3.63, 3.8) is 0 Å². The van der Waals surface area contributed by atoms with Gasteiger partial charge in [0.15, 0.2) is 0 Å². The maximum atomic E-state index is 11.2. The van der Waals surface area contributed by atoms with Crippen molar-refractivity contribution in [3.8, 4) is 0 Å². The van der Waals surface area contributed by atoms with Crippen molar-refractivity contribution >= 4 is 5.91 Å². The second kappa shape index (κ2) is 4.45. The molecule has 1 aliphatic heterocycles. The molecule has 0 aliphatic carbocycles. The van der Waals surface area contributed by atoms with Gasteiger partial charge in [-0.15, -0.1) is 0 Å². The molecule has 0 bridgehead atoms. The molecule has 1 unspecified atom stereocenters. The second-order valence-electron chi connectivity index (χ2n) is 3.69. The predicted octanol–water partition coefficient (Wildman–Crippen LogP) is 0.511. The van der Waals surface area contributed by atoms with Gasteiger partial charge in [-0.05, 0) is 19.4 Å². The molecule has 3 heteroatoms.